The predicted octanol–water partition coefficient (Wildman–Crippen LogP) is 1.82. The van der Waals surface area contributed by atoms with Crippen molar-refractivity contribution in [2.45, 2.75) is 13.3 Å². The molecule has 0 atom stereocenters. The van der Waals surface area contributed by atoms with Gasteiger partial charge in [0, 0.05) is 4.88 Å². The average molecular weight is 214 g/mol. The summed E-state index contributed by atoms with van der Waals surface area (Å²) in [4.78, 5) is 12.2. The maximum atomic E-state index is 11.1. The Bertz CT molecular complexity index is 299. The molecule has 78 valence electrons. The fourth-order valence-corrected chi connectivity index (χ4v) is 1.90. The molecule has 0 bridgehead atoms. The second-order valence-corrected chi connectivity index (χ2v) is 3.64. The highest BCUT2D eigenvalue weighted by Crippen LogP contribution is 2.22. The van der Waals surface area contributed by atoms with Crippen molar-refractivity contribution in [3.8, 4) is 0 Å². The van der Waals surface area contributed by atoms with Crippen molar-refractivity contribution in [2.24, 2.45) is 5.73 Å². The Balaban J connectivity index is 2.56. The first kappa shape index (κ1) is 11.0. The van der Waals surface area contributed by atoms with Gasteiger partial charge in [0.25, 0.3) is 0 Å². The fraction of sp³-hybridized carbons (Fsp3) is 0.444. The zero-order valence-electron chi connectivity index (χ0n) is 8.08. The van der Waals surface area contributed by atoms with Crippen LogP contribution in [0.25, 0.3) is 0 Å². The Kier molecular flexibility index (Phi) is 4.42. The number of ether oxygens (including phenoxy) is 1. The lowest BCUT2D eigenvalue weighted by atomic mass is 10.3. The van der Waals surface area contributed by atoms with Gasteiger partial charge in [-0.2, -0.15) is 0 Å². The molecule has 14 heavy (non-hydrogen) atoms. The molecule has 1 aromatic rings. The number of carbonyl (C=O) groups is 1. The highest BCUT2D eigenvalue weighted by atomic mass is 32.1. The van der Waals surface area contributed by atoms with Gasteiger partial charge in [-0.15, -0.1) is 11.3 Å². The quantitative estimate of drug-likeness (QED) is 0.803. The molecule has 3 N–H and O–H groups in total. The largest absolute Gasteiger partial charge is 0.450 e. The summed E-state index contributed by atoms with van der Waals surface area (Å²) in [7, 11) is 0. The normalized spacial score (nSPS) is 9.86. The van der Waals surface area contributed by atoms with Crippen molar-refractivity contribution < 1.29 is 9.53 Å². The number of thiophene rings is 1. The van der Waals surface area contributed by atoms with E-state index in [-0.39, 0.29) is 0 Å². The third kappa shape index (κ3) is 3.01. The lowest BCUT2D eigenvalue weighted by Crippen LogP contribution is -2.14. The molecule has 1 heterocycles. The van der Waals surface area contributed by atoms with Crippen molar-refractivity contribution in [3.05, 3.63) is 16.3 Å². The van der Waals surface area contributed by atoms with Gasteiger partial charge in [-0.05, 0) is 31.3 Å². The topological polar surface area (TPSA) is 64.3 Å². The van der Waals surface area contributed by atoms with Crippen LogP contribution in [0.2, 0.25) is 0 Å². The summed E-state index contributed by atoms with van der Waals surface area (Å²) in [5, 5.41) is 4.59. The first-order chi connectivity index (χ1) is 6.77. The highest BCUT2D eigenvalue weighted by molar-refractivity contribution is 7.10. The molecule has 1 amide bonds. The van der Waals surface area contributed by atoms with Crippen LogP contribution in [0, 0.1) is 0 Å². The van der Waals surface area contributed by atoms with Gasteiger partial charge in [0.15, 0.2) is 0 Å². The minimum absolute atomic E-state index is 0.377. The smallest absolute Gasteiger partial charge is 0.411 e. The molecule has 4 nitrogen and oxygen atoms in total. The Morgan fingerprint density at radius 3 is 3.14 bits per heavy atom. The van der Waals surface area contributed by atoms with Crippen LogP contribution in [0.3, 0.4) is 0 Å². The second kappa shape index (κ2) is 5.62. The molecule has 5 heteroatoms. The Morgan fingerprint density at radius 1 is 1.71 bits per heavy atom. The Hall–Kier alpha value is -1.07. The van der Waals surface area contributed by atoms with Gasteiger partial charge in [-0.25, -0.2) is 4.79 Å². The predicted molar refractivity (Wildman–Crippen MR) is 57.7 cm³/mol. The molecule has 1 rings (SSSR count). The molecule has 0 radical (unpaired) electrons. The van der Waals surface area contributed by atoms with Crippen LogP contribution in [0.4, 0.5) is 10.5 Å². The van der Waals surface area contributed by atoms with Gasteiger partial charge in [0.05, 0.1) is 12.3 Å². The average Bonchev–Trinajstić information content (AvgIpc) is 2.54. The van der Waals surface area contributed by atoms with Crippen LogP contribution >= 0.6 is 11.3 Å². The third-order valence-corrected chi connectivity index (χ3v) is 2.61. The van der Waals surface area contributed by atoms with Crippen molar-refractivity contribution in [3.63, 3.8) is 0 Å². The van der Waals surface area contributed by atoms with Crippen LogP contribution < -0.4 is 11.1 Å². The lowest BCUT2D eigenvalue weighted by Gasteiger charge is -2.05. The summed E-state index contributed by atoms with van der Waals surface area (Å²) in [6, 6.07) is 1.85. The van der Waals surface area contributed by atoms with E-state index in [0.29, 0.717) is 13.2 Å². The molecule has 0 saturated heterocycles. The molecule has 0 fully saturated rings. The van der Waals surface area contributed by atoms with Gasteiger partial charge < -0.3 is 10.5 Å². The van der Waals surface area contributed by atoms with Crippen LogP contribution in [0.1, 0.15) is 11.8 Å². The lowest BCUT2D eigenvalue weighted by molar-refractivity contribution is 0.168. The number of nitrogens with one attached hydrogen (secondary N) is 1. The molecule has 0 aromatic carbocycles. The number of rotatable bonds is 4. The van der Waals surface area contributed by atoms with Gasteiger partial charge in [0.2, 0.25) is 0 Å². The van der Waals surface area contributed by atoms with Gasteiger partial charge in [0.1, 0.15) is 0 Å². The van der Waals surface area contributed by atoms with E-state index in [1.165, 1.54) is 0 Å². The highest BCUT2D eigenvalue weighted by Gasteiger charge is 2.07. The molecule has 0 unspecified atom stereocenters. The van der Waals surface area contributed by atoms with Crippen molar-refractivity contribution in [1.82, 2.24) is 0 Å². The number of hydrogen-bond donors (Lipinski definition) is 2. The molecule has 0 saturated carbocycles. The number of hydrogen-bond acceptors (Lipinski definition) is 4. The molecular weight excluding hydrogens is 200 g/mol. The first-order valence-corrected chi connectivity index (χ1v) is 5.36. The second-order valence-electron chi connectivity index (χ2n) is 2.64. The molecule has 0 aliphatic heterocycles. The summed E-state index contributed by atoms with van der Waals surface area (Å²) >= 11 is 1.58. The van der Waals surface area contributed by atoms with Gasteiger partial charge in [-0.1, -0.05) is 0 Å². The zero-order chi connectivity index (χ0) is 10.4. The van der Waals surface area contributed by atoms with Crippen molar-refractivity contribution in [1.29, 1.82) is 0 Å². The zero-order valence-corrected chi connectivity index (χ0v) is 8.89. The van der Waals surface area contributed by atoms with E-state index >= 15 is 0 Å². The monoisotopic (exact) mass is 214 g/mol. The van der Waals surface area contributed by atoms with E-state index in [1.807, 2.05) is 11.4 Å². The minimum atomic E-state index is -0.413. The number of anilines is 1. The summed E-state index contributed by atoms with van der Waals surface area (Å²) < 4.78 is 4.77. The van der Waals surface area contributed by atoms with Crippen LogP contribution in [0.15, 0.2) is 11.4 Å². The van der Waals surface area contributed by atoms with E-state index in [9.17, 15) is 4.79 Å². The van der Waals surface area contributed by atoms with E-state index < -0.39 is 6.09 Å². The SMILES string of the molecule is CCOC(=O)Nc1ccsc1CCN. The molecule has 0 aliphatic rings. The maximum Gasteiger partial charge on any atom is 0.411 e. The molecule has 0 aliphatic carbocycles. The molecular formula is C9H14N2O2S. The van der Waals surface area contributed by atoms with Crippen LogP contribution in [-0.2, 0) is 11.2 Å². The summed E-state index contributed by atoms with van der Waals surface area (Å²) in [5.74, 6) is 0. The fourth-order valence-electron chi connectivity index (χ4n) is 1.05. The minimum Gasteiger partial charge on any atom is -0.450 e. The molecule has 1 aromatic heterocycles. The van der Waals surface area contributed by atoms with E-state index in [0.717, 1.165) is 17.0 Å². The molecule has 0 spiro atoms. The van der Waals surface area contributed by atoms with E-state index in [4.69, 9.17) is 10.5 Å². The van der Waals surface area contributed by atoms with E-state index in [1.54, 1.807) is 18.3 Å². The van der Waals surface area contributed by atoms with E-state index in [2.05, 4.69) is 5.32 Å². The van der Waals surface area contributed by atoms with Gasteiger partial charge in [-0.3, -0.25) is 5.32 Å². The first-order valence-electron chi connectivity index (χ1n) is 4.48. The summed E-state index contributed by atoms with van der Waals surface area (Å²) in [6.45, 7) is 2.73. The van der Waals surface area contributed by atoms with Crippen molar-refractivity contribution in [2.75, 3.05) is 18.5 Å². The van der Waals surface area contributed by atoms with Crippen LogP contribution in [-0.4, -0.2) is 19.2 Å². The summed E-state index contributed by atoms with van der Waals surface area (Å²) in [5.41, 5.74) is 6.25. The van der Waals surface area contributed by atoms with Crippen LogP contribution in [0.5, 0.6) is 0 Å². The number of amides is 1. The maximum absolute atomic E-state index is 11.1. The summed E-state index contributed by atoms with van der Waals surface area (Å²) in [6.07, 6.45) is 0.364. The third-order valence-electron chi connectivity index (χ3n) is 1.63. The van der Waals surface area contributed by atoms with Crippen molar-refractivity contribution >= 4 is 23.1 Å². The number of carbonyl (C=O) groups excluding carboxylic acids is 1. The standard InChI is InChI=1S/C9H14N2O2S/c1-2-13-9(12)11-7-4-6-14-8(7)3-5-10/h4,6H,2-3,5,10H2,1H3,(H,11,12). The number of nitrogens with two attached hydrogens (primary N) is 1. The van der Waals surface area contributed by atoms with Gasteiger partial charge >= 0.3 is 6.09 Å². The Labute approximate surface area is 87.1 Å². The Morgan fingerprint density at radius 2 is 2.50 bits per heavy atom.